The molecule has 0 aromatic heterocycles. The molecule has 0 radical (unpaired) electrons. The van der Waals surface area contributed by atoms with Crippen LogP contribution in [0.25, 0.3) is 0 Å². The van der Waals surface area contributed by atoms with Gasteiger partial charge in [-0.25, -0.2) is 0 Å². The molecule has 2 aliphatic heterocycles. The van der Waals surface area contributed by atoms with Crippen molar-refractivity contribution in [1.29, 1.82) is 0 Å². The van der Waals surface area contributed by atoms with Gasteiger partial charge >= 0.3 is 0 Å². The first-order chi connectivity index (χ1) is 10.2. The van der Waals surface area contributed by atoms with Gasteiger partial charge in [-0.1, -0.05) is 18.9 Å². The van der Waals surface area contributed by atoms with Gasteiger partial charge in [0.15, 0.2) is 12.4 Å². The lowest BCUT2D eigenvalue weighted by molar-refractivity contribution is -0.121. The standard InChI is InChI=1S/C16H20N2O3/c1-17-13-8-6-7-12(15(13)21-11-14(17)19)16(20)18-9-4-2-3-5-10-18/h6-8H,2-5,9-11H2,1H3. The number of nitrogens with zero attached hydrogens (tertiary/aromatic N) is 2. The van der Waals surface area contributed by atoms with Crippen LogP contribution in [0.4, 0.5) is 5.69 Å². The summed E-state index contributed by atoms with van der Waals surface area (Å²) in [5.74, 6) is 0.451. The zero-order chi connectivity index (χ0) is 14.8. The molecule has 0 bridgehead atoms. The molecule has 1 aromatic rings. The zero-order valence-corrected chi connectivity index (χ0v) is 12.3. The van der Waals surface area contributed by atoms with Crippen LogP contribution in [0.2, 0.25) is 0 Å². The first-order valence-electron chi connectivity index (χ1n) is 7.50. The molecule has 21 heavy (non-hydrogen) atoms. The van der Waals surface area contributed by atoms with Gasteiger partial charge < -0.3 is 14.5 Å². The van der Waals surface area contributed by atoms with Crippen molar-refractivity contribution in [3.8, 4) is 5.75 Å². The smallest absolute Gasteiger partial charge is 0.264 e. The maximum Gasteiger partial charge on any atom is 0.264 e. The Bertz CT molecular complexity index is 563. The fourth-order valence-corrected chi connectivity index (χ4v) is 2.92. The van der Waals surface area contributed by atoms with Gasteiger partial charge in [0.2, 0.25) is 0 Å². The van der Waals surface area contributed by atoms with Crippen LogP contribution in [0.15, 0.2) is 18.2 Å². The van der Waals surface area contributed by atoms with Gasteiger partial charge in [-0.05, 0) is 25.0 Å². The van der Waals surface area contributed by atoms with E-state index in [0.717, 1.165) is 25.9 Å². The number of para-hydroxylation sites is 1. The summed E-state index contributed by atoms with van der Waals surface area (Å²) in [6, 6.07) is 5.41. The van der Waals surface area contributed by atoms with E-state index in [4.69, 9.17) is 4.74 Å². The van der Waals surface area contributed by atoms with Crippen LogP contribution in [0.5, 0.6) is 5.75 Å². The third kappa shape index (κ3) is 2.60. The fraction of sp³-hybridized carbons (Fsp3) is 0.500. The normalized spacial score (nSPS) is 18.8. The predicted molar refractivity (Wildman–Crippen MR) is 79.7 cm³/mol. The highest BCUT2D eigenvalue weighted by atomic mass is 16.5. The summed E-state index contributed by atoms with van der Waals surface area (Å²) in [6.07, 6.45) is 4.48. The van der Waals surface area contributed by atoms with Crippen molar-refractivity contribution in [3.63, 3.8) is 0 Å². The Hall–Kier alpha value is -2.04. The van der Waals surface area contributed by atoms with E-state index in [0.29, 0.717) is 17.0 Å². The van der Waals surface area contributed by atoms with E-state index in [2.05, 4.69) is 0 Å². The lowest BCUT2D eigenvalue weighted by Gasteiger charge is -2.29. The molecule has 112 valence electrons. The average Bonchev–Trinajstić information content (AvgIpc) is 2.79. The Kier molecular flexibility index (Phi) is 3.82. The van der Waals surface area contributed by atoms with Crippen molar-refractivity contribution < 1.29 is 14.3 Å². The van der Waals surface area contributed by atoms with E-state index in [9.17, 15) is 9.59 Å². The molecule has 2 heterocycles. The van der Waals surface area contributed by atoms with Gasteiger partial charge in [-0.2, -0.15) is 0 Å². The molecule has 5 nitrogen and oxygen atoms in total. The van der Waals surface area contributed by atoms with Gasteiger partial charge in [-0.3, -0.25) is 9.59 Å². The van der Waals surface area contributed by atoms with Crippen molar-refractivity contribution in [2.24, 2.45) is 0 Å². The third-order valence-corrected chi connectivity index (χ3v) is 4.19. The molecule has 0 aliphatic carbocycles. The number of rotatable bonds is 1. The van der Waals surface area contributed by atoms with Crippen LogP contribution in [0, 0.1) is 0 Å². The Balaban J connectivity index is 1.92. The van der Waals surface area contributed by atoms with Crippen molar-refractivity contribution >= 4 is 17.5 Å². The van der Waals surface area contributed by atoms with Gasteiger partial charge in [0.1, 0.15) is 0 Å². The number of fused-ring (bicyclic) bond motifs is 1. The molecule has 5 heteroatoms. The number of anilines is 1. The summed E-state index contributed by atoms with van der Waals surface area (Å²) in [6.45, 7) is 1.60. The topological polar surface area (TPSA) is 49.9 Å². The molecule has 0 unspecified atom stereocenters. The van der Waals surface area contributed by atoms with E-state index < -0.39 is 0 Å². The third-order valence-electron chi connectivity index (χ3n) is 4.19. The van der Waals surface area contributed by atoms with Crippen molar-refractivity contribution in [3.05, 3.63) is 23.8 Å². The van der Waals surface area contributed by atoms with Gasteiger partial charge in [0.05, 0.1) is 11.3 Å². The number of carbonyl (C=O) groups excluding carboxylic acids is 2. The van der Waals surface area contributed by atoms with Gasteiger partial charge in [0, 0.05) is 20.1 Å². The highest BCUT2D eigenvalue weighted by Gasteiger charge is 2.28. The number of likely N-dealkylation sites (tertiary alicyclic amines) is 1. The molecule has 3 rings (SSSR count). The molecule has 2 amide bonds. The largest absolute Gasteiger partial charge is 0.481 e. The molecule has 0 N–H and O–H groups in total. The number of carbonyl (C=O) groups is 2. The summed E-state index contributed by atoms with van der Waals surface area (Å²) in [7, 11) is 1.71. The minimum Gasteiger partial charge on any atom is -0.481 e. The van der Waals surface area contributed by atoms with Crippen LogP contribution < -0.4 is 9.64 Å². The lowest BCUT2D eigenvalue weighted by Crippen LogP contribution is -2.37. The van der Waals surface area contributed by atoms with Crippen LogP contribution in [-0.4, -0.2) is 43.5 Å². The highest BCUT2D eigenvalue weighted by molar-refractivity contribution is 6.04. The van der Waals surface area contributed by atoms with Crippen LogP contribution in [0.1, 0.15) is 36.0 Å². The van der Waals surface area contributed by atoms with E-state index in [1.54, 1.807) is 18.0 Å². The van der Waals surface area contributed by atoms with Crippen LogP contribution in [-0.2, 0) is 4.79 Å². The summed E-state index contributed by atoms with van der Waals surface area (Å²) in [4.78, 5) is 27.9. The molecule has 1 saturated heterocycles. The monoisotopic (exact) mass is 288 g/mol. The maximum absolute atomic E-state index is 12.8. The fourth-order valence-electron chi connectivity index (χ4n) is 2.92. The summed E-state index contributed by atoms with van der Waals surface area (Å²) < 4.78 is 5.54. The molecule has 1 aromatic carbocycles. The van der Waals surface area contributed by atoms with Crippen LogP contribution >= 0.6 is 0 Å². The highest BCUT2D eigenvalue weighted by Crippen LogP contribution is 2.35. The molecular formula is C16H20N2O3. The first kappa shape index (κ1) is 13.9. The molecule has 0 saturated carbocycles. The summed E-state index contributed by atoms with van der Waals surface area (Å²) in [5, 5.41) is 0. The molecular weight excluding hydrogens is 268 g/mol. The van der Waals surface area contributed by atoms with E-state index in [-0.39, 0.29) is 18.4 Å². The molecule has 0 spiro atoms. The zero-order valence-electron chi connectivity index (χ0n) is 12.3. The maximum atomic E-state index is 12.8. The number of benzene rings is 1. The van der Waals surface area contributed by atoms with Crippen molar-refractivity contribution in [1.82, 2.24) is 4.90 Å². The number of hydrogen-bond donors (Lipinski definition) is 0. The molecule has 0 atom stereocenters. The lowest BCUT2D eigenvalue weighted by atomic mass is 10.1. The first-order valence-corrected chi connectivity index (χ1v) is 7.50. The van der Waals surface area contributed by atoms with E-state index in [1.807, 2.05) is 17.0 Å². The van der Waals surface area contributed by atoms with Gasteiger partial charge in [0.25, 0.3) is 11.8 Å². The number of ether oxygens (including phenoxy) is 1. The van der Waals surface area contributed by atoms with Crippen molar-refractivity contribution in [2.45, 2.75) is 25.7 Å². The minimum atomic E-state index is -0.0955. The Morgan fingerprint density at radius 2 is 1.86 bits per heavy atom. The predicted octanol–water partition coefficient (Wildman–Crippen LogP) is 2.06. The van der Waals surface area contributed by atoms with Gasteiger partial charge in [-0.15, -0.1) is 0 Å². The quantitative estimate of drug-likeness (QED) is 0.795. The van der Waals surface area contributed by atoms with Crippen LogP contribution in [0.3, 0.4) is 0 Å². The number of likely N-dealkylation sites (N-methyl/N-ethyl adjacent to an activating group) is 1. The minimum absolute atomic E-state index is 0.00616. The van der Waals surface area contributed by atoms with Crippen molar-refractivity contribution in [2.75, 3.05) is 31.6 Å². The number of hydrogen-bond acceptors (Lipinski definition) is 3. The number of amides is 2. The second kappa shape index (κ2) is 5.76. The second-order valence-corrected chi connectivity index (χ2v) is 5.60. The summed E-state index contributed by atoms with van der Waals surface area (Å²) in [5.41, 5.74) is 1.24. The SMILES string of the molecule is CN1C(=O)COc2c(C(=O)N3CCCCCC3)cccc21. The van der Waals surface area contributed by atoms with E-state index in [1.165, 1.54) is 12.8 Å². The Labute approximate surface area is 124 Å². The Morgan fingerprint density at radius 3 is 2.57 bits per heavy atom. The molecule has 2 aliphatic rings. The second-order valence-electron chi connectivity index (χ2n) is 5.60. The summed E-state index contributed by atoms with van der Waals surface area (Å²) >= 11 is 0. The van der Waals surface area contributed by atoms with E-state index >= 15 is 0 Å². The average molecular weight is 288 g/mol. The molecule has 1 fully saturated rings. The Morgan fingerprint density at radius 1 is 1.14 bits per heavy atom.